The molecule has 0 spiro atoms. The highest BCUT2D eigenvalue weighted by Gasteiger charge is 2.27. The third kappa shape index (κ3) is 4.11. The molecule has 1 amide bonds. The van der Waals surface area contributed by atoms with Gasteiger partial charge in [-0.1, -0.05) is 0 Å². The van der Waals surface area contributed by atoms with Gasteiger partial charge < -0.3 is 15.0 Å². The summed E-state index contributed by atoms with van der Waals surface area (Å²) in [6.07, 6.45) is 4.18. The van der Waals surface area contributed by atoms with Gasteiger partial charge in [-0.05, 0) is 39.3 Å². The van der Waals surface area contributed by atoms with Gasteiger partial charge in [-0.15, -0.1) is 11.3 Å². The van der Waals surface area contributed by atoms with Crippen LogP contribution in [0.3, 0.4) is 0 Å². The van der Waals surface area contributed by atoms with Crippen molar-refractivity contribution in [1.82, 2.24) is 25.3 Å². The van der Waals surface area contributed by atoms with Gasteiger partial charge in [0, 0.05) is 31.0 Å². The SMILES string of the molecule is COc1cnc(C)cc1C(=O)NC1CCN(c2nccc(-c3sc(C)nc3C)n2)C1. The predicted molar refractivity (Wildman–Crippen MR) is 116 cm³/mol. The molecule has 0 saturated carbocycles. The molecule has 8 nitrogen and oxygen atoms in total. The molecule has 3 aromatic heterocycles. The largest absolute Gasteiger partial charge is 0.494 e. The van der Waals surface area contributed by atoms with E-state index in [0.717, 1.165) is 39.9 Å². The number of anilines is 1. The first kappa shape index (κ1) is 20.2. The van der Waals surface area contributed by atoms with Crippen LogP contribution in [0.25, 0.3) is 10.6 Å². The molecule has 1 atom stereocenters. The van der Waals surface area contributed by atoms with Crippen LogP contribution in [0.4, 0.5) is 5.95 Å². The molecule has 0 radical (unpaired) electrons. The summed E-state index contributed by atoms with van der Waals surface area (Å²) in [6, 6.07) is 3.67. The lowest BCUT2D eigenvalue weighted by atomic mass is 10.1. The molecule has 0 bridgehead atoms. The van der Waals surface area contributed by atoms with Gasteiger partial charge in [0.2, 0.25) is 5.95 Å². The Hall–Kier alpha value is -3.07. The van der Waals surface area contributed by atoms with Crippen LogP contribution in [-0.4, -0.2) is 52.1 Å². The highest BCUT2D eigenvalue weighted by molar-refractivity contribution is 7.15. The van der Waals surface area contributed by atoms with Crippen molar-refractivity contribution in [2.45, 2.75) is 33.2 Å². The number of hydrogen-bond donors (Lipinski definition) is 1. The molecule has 156 valence electrons. The third-order valence-electron chi connectivity index (χ3n) is 5.05. The fourth-order valence-electron chi connectivity index (χ4n) is 3.61. The summed E-state index contributed by atoms with van der Waals surface area (Å²) >= 11 is 1.64. The predicted octanol–water partition coefficient (Wildman–Crippen LogP) is 2.94. The topological polar surface area (TPSA) is 93.1 Å². The first-order valence-corrected chi connectivity index (χ1v) is 10.6. The van der Waals surface area contributed by atoms with Crippen molar-refractivity contribution < 1.29 is 9.53 Å². The maximum Gasteiger partial charge on any atom is 0.255 e. The lowest BCUT2D eigenvalue weighted by molar-refractivity contribution is 0.0937. The second-order valence-corrected chi connectivity index (χ2v) is 8.52. The molecule has 1 aliphatic heterocycles. The zero-order valence-corrected chi connectivity index (χ0v) is 18.3. The normalized spacial score (nSPS) is 16.0. The van der Waals surface area contributed by atoms with E-state index in [9.17, 15) is 4.79 Å². The molecule has 1 unspecified atom stereocenters. The van der Waals surface area contributed by atoms with Gasteiger partial charge in [-0.25, -0.2) is 15.0 Å². The third-order valence-corrected chi connectivity index (χ3v) is 6.15. The first-order valence-electron chi connectivity index (χ1n) is 9.78. The fraction of sp³-hybridized carbons (Fsp3) is 0.381. The van der Waals surface area contributed by atoms with Crippen LogP contribution in [0.2, 0.25) is 0 Å². The molecule has 4 heterocycles. The number of amides is 1. The second kappa shape index (κ2) is 8.35. The van der Waals surface area contributed by atoms with E-state index in [2.05, 4.69) is 25.2 Å². The van der Waals surface area contributed by atoms with Crippen molar-refractivity contribution in [3.05, 3.63) is 46.5 Å². The van der Waals surface area contributed by atoms with Crippen LogP contribution in [0.5, 0.6) is 5.75 Å². The van der Waals surface area contributed by atoms with Gasteiger partial charge in [-0.2, -0.15) is 0 Å². The van der Waals surface area contributed by atoms with Crippen molar-refractivity contribution in [2.24, 2.45) is 0 Å². The Kier molecular flexibility index (Phi) is 5.63. The number of carbonyl (C=O) groups is 1. The molecule has 1 N–H and O–H groups in total. The van der Waals surface area contributed by atoms with Crippen molar-refractivity contribution >= 4 is 23.2 Å². The minimum Gasteiger partial charge on any atom is -0.494 e. The number of thiazole rings is 1. The molecule has 3 aromatic rings. The van der Waals surface area contributed by atoms with E-state index in [1.54, 1.807) is 29.8 Å². The minimum atomic E-state index is -0.158. The number of rotatable bonds is 5. The molecule has 1 aliphatic rings. The molecule has 1 fully saturated rings. The molecule has 0 aliphatic carbocycles. The number of hydrogen-bond acceptors (Lipinski definition) is 8. The number of aromatic nitrogens is 4. The fourth-order valence-corrected chi connectivity index (χ4v) is 4.50. The second-order valence-electron chi connectivity index (χ2n) is 7.32. The highest BCUT2D eigenvalue weighted by atomic mass is 32.1. The van der Waals surface area contributed by atoms with E-state index < -0.39 is 0 Å². The van der Waals surface area contributed by atoms with E-state index in [4.69, 9.17) is 9.72 Å². The molecule has 0 aromatic carbocycles. The molecular formula is C21H24N6O2S. The minimum absolute atomic E-state index is 0.00955. The van der Waals surface area contributed by atoms with Crippen molar-refractivity contribution in [2.75, 3.05) is 25.1 Å². The molecule has 4 rings (SSSR count). The van der Waals surface area contributed by atoms with Gasteiger partial charge in [0.15, 0.2) is 0 Å². The van der Waals surface area contributed by atoms with Crippen molar-refractivity contribution in [3.8, 4) is 16.3 Å². The Balaban J connectivity index is 1.46. The Morgan fingerprint density at radius 1 is 1.27 bits per heavy atom. The molecule has 9 heteroatoms. The highest BCUT2D eigenvalue weighted by Crippen LogP contribution is 2.29. The Morgan fingerprint density at radius 3 is 2.83 bits per heavy atom. The average Bonchev–Trinajstić information content (AvgIpc) is 3.33. The average molecular weight is 425 g/mol. The lowest BCUT2D eigenvalue weighted by Gasteiger charge is -2.18. The summed E-state index contributed by atoms with van der Waals surface area (Å²) in [7, 11) is 1.54. The number of ether oxygens (including phenoxy) is 1. The smallest absolute Gasteiger partial charge is 0.255 e. The van der Waals surface area contributed by atoms with Crippen LogP contribution >= 0.6 is 11.3 Å². The standard InChI is InChI=1S/C21H24N6O2S/c1-12-9-16(18(29-4)10-23-12)20(28)25-15-6-8-27(11-15)21-22-7-5-17(26-21)19-13(2)24-14(3)30-19/h5,7,9-10,15H,6,8,11H2,1-4H3,(H,25,28). The van der Waals surface area contributed by atoms with Crippen molar-refractivity contribution in [1.29, 1.82) is 0 Å². The Labute approximate surface area is 179 Å². The van der Waals surface area contributed by atoms with Gasteiger partial charge in [-0.3, -0.25) is 9.78 Å². The monoisotopic (exact) mass is 424 g/mol. The van der Waals surface area contributed by atoms with E-state index in [1.807, 2.05) is 26.8 Å². The van der Waals surface area contributed by atoms with E-state index in [0.29, 0.717) is 23.8 Å². The summed E-state index contributed by atoms with van der Waals surface area (Å²) in [4.78, 5) is 33.8. The summed E-state index contributed by atoms with van der Waals surface area (Å²) in [5.74, 6) is 0.987. The number of methoxy groups -OCH3 is 1. The van der Waals surface area contributed by atoms with Gasteiger partial charge in [0.05, 0.1) is 40.1 Å². The van der Waals surface area contributed by atoms with E-state index >= 15 is 0 Å². The van der Waals surface area contributed by atoms with Gasteiger partial charge in [0.25, 0.3) is 5.91 Å². The molecule has 1 saturated heterocycles. The van der Waals surface area contributed by atoms with E-state index in [-0.39, 0.29) is 11.9 Å². The number of carbonyl (C=O) groups excluding carboxylic acids is 1. The van der Waals surface area contributed by atoms with Gasteiger partial charge >= 0.3 is 0 Å². The van der Waals surface area contributed by atoms with Crippen LogP contribution in [-0.2, 0) is 0 Å². The summed E-state index contributed by atoms with van der Waals surface area (Å²) in [5, 5.41) is 4.13. The van der Waals surface area contributed by atoms with E-state index in [1.165, 1.54) is 7.11 Å². The maximum atomic E-state index is 12.8. The number of pyridine rings is 1. The van der Waals surface area contributed by atoms with Crippen LogP contribution in [0.15, 0.2) is 24.5 Å². The lowest BCUT2D eigenvalue weighted by Crippen LogP contribution is -2.37. The van der Waals surface area contributed by atoms with Crippen LogP contribution in [0, 0.1) is 20.8 Å². The summed E-state index contributed by atoms with van der Waals surface area (Å²) in [5.41, 5.74) is 3.13. The number of nitrogens with one attached hydrogen (secondary N) is 1. The van der Waals surface area contributed by atoms with Crippen molar-refractivity contribution in [3.63, 3.8) is 0 Å². The summed E-state index contributed by atoms with van der Waals surface area (Å²) in [6.45, 7) is 7.28. The molecule has 30 heavy (non-hydrogen) atoms. The van der Waals surface area contributed by atoms with Crippen LogP contribution < -0.4 is 15.0 Å². The summed E-state index contributed by atoms with van der Waals surface area (Å²) < 4.78 is 5.29. The number of aryl methyl sites for hydroxylation is 3. The Morgan fingerprint density at radius 2 is 2.10 bits per heavy atom. The van der Waals surface area contributed by atoms with Crippen LogP contribution in [0.1, 0.15) is 33.2 Å². The van der Waals surface area contributed by atoms with Gasteiger partial charge in [0.1, 0.15) is 5.75 Å². The molecular weight excluding hydrogens is 400 g/mol. The quantitative estimate of drug-likeness (QED) is 0.673. The zero-order valence-electron chi connectivity index (χ0n) is 17.5. The number of nitrogens with zero attached hydrogens (tertiary/aromatic N) is 5. The first-order chi connectivity index (χ1) is 14.4. The maximum absolute atomic E-state index is 12.8. The zero-order chi connectivity index (χ0) is 21.3. The Bertz CT molecular complexity index is 1080.